The van der Waals surface area contributed by atoms with Gasteiger partial charge in [-0.2, -0.15) is 0 Å². The van der Waals surface area contributed by atoms with Crippen molar-refractivity contribution in [1.29, 1.82) is 0 Å². The summed E-state index contributed by atoms with van der Waals surface area (Å²) in [6, 6.07) is 36.0. The second kappa shape index (κ2) is 9.70. The third-order valence-electron chi connectivity index (χ3n) is 7.58. The molecule has 2 aliphatic heterocycles. The minimum atomic E-state index is 1.03. The first-order valence-corrected chi connectivity index (χ1v) is 13.5. The van der Waals surface area contributed by atoms with Gasteiger partial charge in [-0.05, 0) is 37.1 Å². The van der Waals surface area contributed by atoms with Gasteiger partial charge >= 0.3 is 0 Å². The van der Waals surface area contributed by atoms with Gasteiger partial charge in [0.25, 0.3) is 0 Å². The lowest BCUT2D eigenvalue weighted by molar-refractivity contribution is 0.782. The van der Waals surface area contributed by atoms with Gasteiger partial charge < -0.3 is 9.80 Å². The minimum absolute atomic E-state index is 1.03. The van der Waals surface area contributed by atoms with Crippen LogP contribution in [0.1, 0.15) is 61.8 Å². The maximum atomic E-state index is 2.53. The Labute approximate surface area is 215 Å². The lowest BCUT2D eigenvalue weighted by Crippen LogP contribution is -2.26. The van der Waals surface area contributed by atoms with Crippen LogP contribution < -0.4 is 9.80 Å². The van der Waals surface area contributed by atoms with Crippen LogP contribution in [-0.2, 0) is 0 Å². The first-order valence-electron chi connectivity index (χ1n) is 13.5. The van der Waals surface area contributed by atoms with Crippen molar-refractivity contribution in [3.8, 4) is 0 Å². The Kier molecular flexibility index (Phi) is 6.11. The van der Waals surface area contributed by atoms with E-state index in [0.717, 1.165) is 13.1 Å². The van der Waals surface area contributed by atoms with Crippen molar-refractivity contribution >= 4 is 33.9 Å². The Hall–Kier alpha value is -3.78. The van der Waals surface area contributed by atoms with Crippen LogP contribution in [0.25, 0.3) is 11.1 Å². The highest BCUT2D eigenvalue weighted by Gasteiger charge is 2.33. The Bertz CT molecular complexity index is 1220. The van der Waals surface area contributed by atoms with E-state index in [9.17, 15) is 0 Å². The fourth-order valence-corrected chi connectivity index (χ4v) is 5.88. The summed E-state index contributed by atoms with van der Waals surface area (Å²) in [7, 11) is 0. The summed E-state index contributed by atoms with van der Waals surface area (Å²) >= 11 is 0. The zero-order chi connectivity index (χ0) is 24.5. The normalized spacial score (nSPS) is 13.7. The third kappa shape index (κ3) is 3.64. The number of benzene rings is 4. The topological polar surface area (TPSA) is 6.48 Å². The molecule has 2 heteroatoms. The van der Waals surface area contributed by atoms with E-state index in [1.165, 1.54) is 81.8 Å². The molecule has 0 bridgehead atoms. The quantitative estimate of drug-likeness (QED) is 0.277. The van der Waals surface area contributed by atoms with Crippen LogP contribution in [-0.4, -0.2) is 13.1 Å². The van der Waals surface area contributed by atoms with Crippen molar-refractivity contribution in [2.24, 2.45) is 0 Å². The maximum absolute atomic E-state index is 2.53. The highest BCUT2D eigenvalue weighted by Crippen LogP contribution is 2.53. The summed E-state index contributed by atoms with van der Waals surface area (Å²) in [5.74, 6) is 0. The number of para-hydroxylation sites is 4. The van der Waals surface area contributed by atoms with Crippen LogP contribution in [0.15, 0.2) is 97.1 Å². The van der Waals surface area contributed by atoms with Gasteiger partial charge in [-0.25, -0.2) is 0 Å². The summed E-state index contributed by atoms with van der Waals surface area (Å²) in [5, 5.41) is 0. The van der Waals surface area contributed by atoms with Gasteiger partial charge in [-0.3, -0.25) is 0 Å². The summed E-state index contributed by atoms with van der Waals surface area (Å²) in [4.78, 5) is 5.07. The third-order valence-corrected chi connectivity index (χ3v) is 7.58. The van der Waals surface area contributed by atoms with Gasteiger partial charge in [0.1, 0.15) is 0 Å². The Morgan fingerprint density at radius 2 is 0.694 bits per heavy atom. The first-order chi connectivity index (χ1) is 17.8. The number of fused-ring (bicyclic) bond motifs is 4. The van der Waals surface area contributed by atoms with Crippen LogP contribution in [0.2, 0.25) is 0 Å². The summed E-state index contributed by atoms with van der Waals surface area (Å²) in [5.41, 5.74) is 13.3. The molecule has 2 heterocycles. The van der Waals surface area contributed by atoms with Gasteiger partial charge in [-0.15, -0.1) is 0 Å². The van der Waals surface area contributed by atoms with Crippen LogP contribution in [0.3, 0.4) is 0 Å². The molecule has 2 aliphatic rings. The molecule has 180 valence electrons. The van der Waals surface area contributed by atoms with E-state index in [2.05, 4.69) is 121 Å². The van der Waals surface area contributed by atoms with E-state index < -0.39 is 0 Å². The van der Waals surface area contributed by atoms with Gasteiger partial charge in [0, 0.05) is 69.2 Å². The zero-order valence-electron chi connectivity index (χ0n) is 21.4. The minimum Gasteiger partial charge on any atom is -0.340 e. The molecule has 0 spiro atoms. The van der Waals surface area contributed by atoms with E-state index in [-0.39, 0.29) is 0 Å². The molecule has 0 saturated heterocycles. The molecule has 4 aromatic rings. The Morgan fingerprint density at radius 1 is 0.417 bits per heavy atom. The number of nitrogens with zero attached hydrogens (tertiary/aromatic N) is 2. The molecule has 36 heavy (non-hydrogen) atoms. The lowest BCUT2D eigenvalue weighted by Gasteiger charge is -2.39. The molecule has 0 aromatic heterocycles. The molecule has 0 fully saturated rings. The van der Waals surface area contributed by atoms with Gasteiger partial charge in [-0.1, -0.05) is 99.5 Å². The van der Waals surface area contributed by atoms with Crippen LogP contribution in [0.5, 0.6) is 0 Å². The highest BCUT2D eigenvalue weighted by molar-refractivity contribution is 6.15. The number of unbranched alkanes of at least 4 members (excludes halogenated alkanes) is 2. The zero-order valence-corrected chi connectivity index (χ0v) is 21.4. The Balaban J connectivity index is 1.69. The predicted molar refractivity (Wildman–Crippen MR) is 155 cm³/mol. The molecule has 0 amide bonds. The van der Waals surface area contributed by atoms with E-state index >= 15 is 0 Å². The van der Waals surface area contributed by atoms with E-state index in [1.807, 2.05) is 0 Å². The molecule has 6 rings (SSSR count). The van der Waals surface area contributed by atoms with Crippen LogP contribution in [0, 0.1) is 0 Å². The SMILES string of the molecule is CCCCN1c2ccccc2C(=C2c3ccccc3N(CCCC)c3ccccc32)c2ccccc21. The molecular formula is C34H34N2. The number of rotatable bonds is 6. The average molecular weight is 471 g/mol. The van der Waals surface area contributed by atoms with Crippen molar-refractivity contribution < 1.29 is 0 Å². The fraction of sp³-hybridized carbons (Fsp3) is 0.235. The largest absolute Gasteiger partial charge is 0.340 e. The average Bonchev–Trinajstić information content (AvgIpc) is 2.94. The number of hydrogen-bond donors (Lipinski definition) is 0. The van der Waals surface area contributed by atoms with Crippen molar-refractivity contribution in [3.63, 3.8) is 0 Å². The molecule has 4 aromatic carbocycles. The molecule has 0 saturated carbocycles. The molecular weight excluding hydrogens is 436 g/mol. The molecule has 0 N–H and O–H groups in total. The van der Waals surface area contributed by atoms with Gasteiger partial charge in [0.05, 0.1) is 0 Å². The molecule has 0 radical (unpaired) electrons. The van der Waals surface area contributed by atoms with Gasteiger partial charge in [0.2, 0.25) is 0 Å². The smallest absolute Gasteiger partial charge is 0.0491 e. The second-order valence-electron chi connectivity index (χ2n) is 9.83. The van der Waals surface area contributed by atoms with E-state index in [4.69, 9.17) is 0 Å². The molecule has 2 nitrogen and oxygen atoms in total. The van der Waals surface area contributed by atoms with Gasteiger partial charge in [0.15, 0.2) is 0 Å². The van der Waals surface area contributed by atoms with Crippen molar-refractivity contribution in [2.45, 2.75) is 39.5 Å². The van der Waals surface area contributed by atoms with Crippen molar-refractivity contribution in [3.05, 3.63) is 119 Å². The highest BCUT2D eigenvalue weighted by atomic mass is 15.2. The number of anilines is 4. The first kappa shape index (κ1) is 22.7. The fourth-order valence-electron chi connectivity index (χ4n) is 5.88. The summed E-state index contributed by atoms with van der Waals surface area (Å²) < 4.78 is 0. The molecule has 0 atom stereocenters. The summed E-state index contributed by atoms with van der Waals surface area (Å²) in [6.07, 6.45) is 4.71. The van der Waals surface area contributed by atoms with Crippen molar-refractivity contribution in [2.75, 3.05) is 22.9 Å². The van der Waals surface area contributed by atoms with Crippen molar-refractivity contribution in [1.82, 2.24) is 0 Å². The Morgan fingerprint density at radius 3 is 0.972 bits per heavy atom. The number of hydrogen-bond acceptors (Lipinski definition) is 2. The van der Waals surface area contributed by atoms with E-state index in [0.29, 0.717) is 0 Å². The standard InChI is InChI=1S/C34H34N2/c1-3-5-23-35-29-19-11-7-15-25(29)33(26-16-8-12-20-30(26)35)34-27-17-9-13-21-31(27)36(24-6-4-2)32-22-14-10-18-28(32)34/h7-22H,3-6,23-24H2,1-2H3. The predicted octanol–water partition coefficient (Wildman–Crippen LogP) is 9.20. The second-order valence-corrected chi connectivity index (χ2v) is 9.83. The van der Waals surface area contributed by atoms with Crippen LogP contribution >= 0.6 is 0 Å². The summed E-state index contributed by atoms with van der Waals surface area (Å²) in [6.45, 7) is 6.61. The molecule has 0 aliphatic carbocycles. The van der Waals surface area contributed by atoms with E-state index in [1.54, 1.807) is 0 Å². The molecule has 0 unspecified atom stereocenters. The lowest BCUT2D eigenvalue weighted by atomic mass is 9.79. The monoisotopic (exact) mass is 470 g/mol. The maximum Gasteiger partial charge on any atom is 0.0491 e. The van der Waals surface area contributed by atoms with Crippen LogP contribution in [0.4, 0.5) is 22.7 Å².